The number of rotatable bonds is 6. The molecule has 8 heteroatoms. The number of halogens is 1. The van der Waals surface area contributed by atoms with Crippen molar-refractivity contribution >= 4 is 23.1 Å². The van der Waals surface area contributed by atoms with Crippen LogP contribution in [0.15, 0.2) is 42.6 Å². The standard InChI is InChI=1S/C28H27FN5O2/c29-22-16-30-27(33-26(22)17-4-8-21-18(12-17)15-31-28(21)14-25(28)35)32-23-13-19(34-10-2-1-3-11-34)5-9-24(23)36-20-6-7-20/h1,4-5,8-9,12-13,16,20,31H,2-3,6-7,10-11,14-15H2,(H,30,32,33). The highest BCUT2D eigenvalue weighted by atomic mass is 19.1. The maximum Gasteiger partial charge on any atom is 0.228 e. The van der Waals surface area contributed by atoms with Crippen LogP contribution in [0.5, 0.6) is 5.75 Å². The Bertz CT molecular complexity index is 1370. The van der Waals surface area contributed by atoms with E-state index < -0.39 is 11.4 Å². The Morgan fingerprint density at radius 2 is 1.97 bits per heavy atom. The molecule has 4 aliphatic rings. The van der Waals surface area contributed by atoms with Crippen molar-refractivity contribution in [3.8, 4) is 17.0 Å². The molecule has 2 saturated carbocycles. The fourth-order valence-electron chi connectivity index (χ4n) is 5.29. The van der Waals surface area contributed by atoms with Crippen molar-refractivity contribution in [1.82, 2.24) is 15.3 Å². The third-order valence-electron chi connectivity index (χ3n) is 7.54. The van der Waals surface area contributed by atoms with Gasteiger partial charge in [-0.2, -0.15) is 0 Å². The van der Waals surface area contributed by atoms with E-state index in [2.05, 4.69) is 44.1 Å². The number of carbonyl (C=O) groups excluding carboxylic acids is 1. The van der Waals surface area contributed by atoms with Crippen LogP contribution in [0.2, 0.25) is 0 Å². The van der Waals surface area contributed by atoms with Crippen LogP contribution in [0.1, 0.15) is 43.2 Å². The van der Waals surface area contributed by atoms with Gasteiger partial charge >= 0.3 is 0 Å². The number of Topliss-reactive ketones (excluding diaryl/α,β-unsaturated/α-hetero) is 1. The van der Waals surface area contributed by atoms with Crippen LogP contribution >= 0.6 is 0 Å². The fourth-order valence-corrected chi connectivity index (χ4v) is 5.29. The van der Waals surface area contributed by atoms with Crippen molar-refractivity contribution in [2.24, 2.45) is 0 Å². The quantitative estimate of drug-likeness (QED) is 0.528. The Labute approximate surface area is 209 Å². The van der Waals surface area contributed by atoms with E-state index in [4.69, 9.17) is 4.74 Å². The Morgan fingerprint density at radius 1 is 1.14 bits per heavy atom. The van der Waals surface area contributed by atoms with Crippen LogP contribution in [0, 0.1) is 12.2 Å². The molecule has 1 unspecified atom stereocenters. The predicted molar refractivity (Wildman–Crippen MR) is 135 cm³/mol. The first-order chi connectivity index (χ1) is 17.6. The summed E-state index contributed by atoms with van der Waals surface area (Å²) < 4.78 is 21.0. The van der Waals surface area contributed by atoms with Gasteiger partial charge in [-0.15, -0.1) is 0 Å². The first kappa shape index (κ1) is 21.7. The van der Waals surface area contributed by atoms with E-state index >= 15 is 0 Å². The second kappa shape index (κ2) is 8.27. The fraction of sp³-hybridized carbons (Fsp3) is 0.357. The normalized spacial score (nSPS) is 22.6. The minimum absolute atomic E-state index is 0.211. The van der Waals surface area contributed by atoms with Crippen molar-refractivity contribution < 1.29 is 13.9 Å². The minimum atomic E-state index is -0.514. The van der Waals surface area contributed by atoms with E-state index in [9.17, 15) is 9.18 Å². The summed E-state index contributed by atoms with van der Waals surface area (Å²) in [6.45, 7) is 2.56. The number of ether oxygens (including phenoxy) is 1. The molecule has 7 rings (SSSR count). The van der Waals surface area contributed by atoms with Crippen LogP contribution in [-0.2, 0) is 16.9 Å². The number of nitrogens with zero attached hydrogens (tertiary/aromatic N) is 3. The van der Waals surface area contributed by atoms with E-state index in [1.165, 1.54) is 6.20 Å². The molecule has 36 heavy (non-hydrogen) atoms. The number of hydrogen-bond donors (Lipinski definition) is 2. The molecule has 0 bridgehead atoms. The molecule has 7 nitrogen and oxygen atoms in total. The average Bonchev–Trinajstić information content (AvgIpc) is 3.81. The summed E-state index contributed by atoms with van der Waals surface area (Å²) in [5.41, 5.74) is 4.28. The highest BCUT2D eigenvalue weighted by Gasteiger charge is 2.58. The van der Waals surface area contributed by atoms with Gasteiger partial charge in [0, 0.05) is 37.3 Å². The molecule has 2 aromatic carbocycles. The van der Waals surface area contributed by atoms with E-state index in [-0.39, 0.29) is 17.6 Å². The van der Waals surface area contributed by atoms with Crippen molar-refractivity contribution in [3.05, 3.63) is 66.0 Å². The maximum absolute atomic E-state index is 14.9. The highest BCUT2D eigenvalue weighted by Crippen LogP contribution is 2.47. The lowest BCUT2D eigenvalue weighted by atomic mass is 9.99. The van der Waals surface area contributed by atoms with Gasteiger partial charge < -0.3 is 15.0 Å². The Morgan fingerprint density at radius 3 is 2.75 bits per heavy atom. The molecule has 2 N–H and O–H groups in total. The third kappa shape index (κ3) is 3.80. The first-order valence-corrected chi connectivity index (χ1v) is 12.7. The van der Waals surface area contributed by atoms with Gasteiger partial charge in [0.1, 0.15) is 17.0 Å². The van der Waals surface area contributed by atoms with E-state index in [0.29, 0.717) is 24.5 Å². The monoisotopic (exact) mass is 484 g/mol. The number of hydrogen-bond acceptors (Lipinski definition) is 7. The highest BCUT2D eigenvalue weighted by molar-refractivity contribution is 6.07. The number of carbonyl (C=O) groups is 1. The van der Waals surface area contributed by atoms with Crippen LogP contribution in [-0.4, -0.2) is 34.9 Å². The zero-order chi connectivity index (χ0) is 24.3. The Balaban J connectivity index is 1.20. The summed E-state index contributed by atoms with van der Waals surface area (Å²) in [7, 11) is 0. The second-order valence-corrected chi connectivity index (χ2v) is 10.1. The molecule has 3 aromatic rings. The number of benzene rings is 2. The molecule has 1 aromatic heterocycles. The molecule has 1 spiro atoms. The molecule has 1 radical (unpaired) electrons. The van der Waals surface area contributed by atoms with Crippen molar-refractivity contribution in [2.45, 2.75) is 50.3 Å². The van der Waals surface area contributed by atoms with Gasteiger partial charge in [0.25, 0.3) is 0 Å². The van der Waals surface area contributed by atoms with Gasteiger partial charge in [-0.1, -0.05) is 12.1 Å². The molecular formula is C28H27FN5O2. The molecule has 183 valence electrons. The molecule has 3 heterocycles. The van der Waals surface area contributed by atoms with Gasteiger partial charge in [-0.25, -0.2) is 14.4 Å². The number of nitrogens with one attached hydrogen (secondary N) is 2. The van der Waals surface area contributed by atoms with E-state index in [0.717, 1.165) is 67.0 Å². The van der Waals surface area contributed by atoms with Gasteiger partial charge in [0.15, 0.2) is 11.6 Å². The molecule has 2 aliphatic heterocycles. The predicted octanol–water partition coefficient (Wildman–Crippen LogP) is 4.64. The number of aromatic nitrogens is 2. The first-order valence-electron chi connectivity index (χ1n) is 12.7. The maximum atomic E-state index is 14.9. The second-order valence-electron chi connectivity index (χ2n) is 10.1. The summed E-state index contributed by atoms with van der Waals surface area (Å²) in [4.78, 5) is 23.1. The van der Waals surface area contributed by atoms with E-state index in [1.54, 1.807) is 0 Å². The summed E-state index contributed by atoms with van der Waals surface area (Å²) in [5, 5.41) is 6.61. The van der Waals surface area contributed by atoms with Crippen molar-refractivity contribution in [1.29, 1.82) is 0 Å². The van der Waals surface area contributed by atoms with Gasteiger partial charge in [-0.05, 0) is 67.5 Å². The largest absolute Gasteiger partial charge is 0.488 e. The van der Waals surface area contributed by atoms with E-state index in [1.807, 2.05) is 24.3 Å². The summed E-state index contributed by atoms with van der Waals surface area (Å²) in [5.74, 6) is 0.783. The molecule has 3 fully saturated rings. The third-order valence-corrected chi connectivity index (χ3v) is 7.54. The minimum Gasteiger partial charge on any atom is -0.488 e. The van der Waals surface area contributed by atoms with Crippen molar-refractivity contribution in [2.75, 3.05) is 23.3 Å². The summed E-state index contributed by atoms with van der Waals surface area (Å²) in [6.07, 6.45) is 8.54. The van der Waals surface area contributed by atoms with Crippen molar-refractivity contribution in [3.63, 3.8) is 0 Å². The number of fused-ring (bicyclic) bond motifs is 2. The molecule has 1 atom stereocenters. The van der Waals surface area contributed by atoms with Crippen LogP contribution < -0.4 is 20.3 Å². The molecular weight excluding hydrogens is 457 g/mol. The smallest absolute Gasteiger partial charge is 0.228 e. The van der Waals surface area contributed by atoms with Gasteiger partial charge in [-0.3, -0.25) is 10.1 Å². The molecule has 2 aliphatic carbocycles. The average molecular weight is 485 g/mol. The van der Waals surface area contributed by atoms with Crippen LogP contribution in [0.4, 0.5) is 21.7 Å². The lowest BCUT2D eigenvalue weighted by Crippen LogP contribution is -2.29. The lowest BCUT2D eigenvalue weighted by molar-refractivity contribution is -0.111. The van der Waals surface area contributed by atoms with Crippen LogP contribution in [0.3, 0.4) is 0 Å². The lowest BCUT2D eigenvalue weighted by Gasteiger charge is -2.29. The van der Waals surface area contributed by atoms with Crippen LogP contribution in [0.25, 0.3) is 11.3 Å². The Hall–Kier alpha value is -3.52. The van der Waals surface area contributed by atoms with Gasteiger partial charge in [0.2, 0.25) is 5.95 Å². The SMILES string of the molecule is O=C1CC12NCc1cc(-c3nc(Nc4cc(N5CC[CH]CC5)ccc4OC4CC4)ncc3F)ccc12. The number of anilines is 3. The summed E-state index contributed by atoms with van der Waals surface area (Å²) >= 11 is 0. The topological polar surface area (TPSA) is 79.4 Å². The molecule has 1 saturated heterocycles. The molecule has 0 amide bonds. The zero-order valence-corrected chi connectivity index (χ0v) is 19.9. The number of piperidine rings is 1. The summed E-state index contributed by atoms with van der Waals surface area (Å²) in [6, 6.07) is 11.9. The number of ketones is 1. The van der Waals surface area contributed by atoms with Gasteiger partial charge in [0.05, 0.1) is 18.0 Å². The Kier molecular flexibility index (Phi) is 4.99. The zero-order valence-electron chi connectivity index (χ0n) is 19.9.